The van der Waals surface area contributed by atoms with Crippen LogP contribution in [-0.2, 0) is 9.47 Å². The van der Waals surface area contributed by atoms with Crippen LogP contribution in [-0.4, -0.2) is 30.9 Å². The molecule has 0 unspecified atom stereocenters. The van der Waals surface area contributed by atoms with Crippen LogP contribution >= 0.6 is 11.3 Å². The number of methoxy groups -OCH3 is 1. The number of nitrogens with zero attached hydrogens (tertiary/aromatic N) is 1. The minimum absolute atomic E-state index is 0.0307. The number of ether oxygens (including phenoxy) is 2. The molecule has 0 spiro atoms. The highest BCUT2D eigenvalue weighted by molar-refractivity contribution is 7.09. The lowest BCUT2D eigenvalue weighted by Crippen LogP contribution is -2.23. The van der Waals surface area contributed by atoms with E-state index in [-0.39, 0.29) is 5.60 Å². The van der Waals surface area contributed by atoms with E-state index >= 15 is 0 Å². The Morgan fingerprint density at radius 3 is 1.91 bits per heavy atom. The van der Waals surface area contributed by atoms with Gasteiger partial charge in [-0.3, -0.25) is 0 Å². The molecule has 0 fully saturated rings. The molecular weight excluding hydrogens is 450 g/mol. The summed E-state index contributed by atoms with van der Waals surface area (Å²) in [5, 5.41) is 1.87. The molecule has 2 rings (SSSR count). The van der Waals surface area contributed by atoms with Gasteiger partial charge in [0, 0.05) is 12.7 Å². The fourth-order valence-electron chi connectivity index (χ4n) is 2.73. The minimum Gasteiger partial charge on any atom is -0.380 e. The van der Waals surface area contributed by atoms with Crippen LogP contribution in [0.3, 0.4) is 0 Å². The second-order valence-electron chi connectivity index (χ2n) is 8.31. The quantitative estimate of drug-likeness (QED) is 0.338. The fraction of sp³-hybridized carbons (Fsp3) is 0.581. The van der Waals surface area contributed by atoms with Gasteiger partial charge in [-0.2, -0.15) is 0 Å². The maximum atomic E-state index is 5.50. The van der Waals surface area contributed by atoms with Crippen LogP contribution in [0.4, 0.5) is 0 Å². The highest BCUT2D eigenvalue weighted by Gasteiger charge is 2.15. The van der Waals surface area contributed by atoms with Crippen molar-refractivity contribution in [3.05, 3.63) is 63.4 Å². The molecule has 4 heteroatoms. The number of aryl methyl sites for hydroxylation is 1. The molecule has 3 nitrogen and oxygen atoms in total. The molecule has 0 atom stereocenters. The lowest BCUT2D eigenvalue weighted by atomic mass is 10.0. The normalized spacial score (nSPS) is 10.6. The number of thiazole rings is 1. The van der Waals surface area contributed by atoms with Crippen molar-refractivity contribution in [2.24, 2.45) is 0 Å². The molecule has 0 bridgehead atoms. The molecule has 35 heavy (non-hydrogen) atoms. The van der Waals surface area contributed by atoms with Gasteiger partial charge in [-0.1, -0.05) is 111 Å². The lowest BCUT2D eigenvalue weighted by Gasteiger charge is -2.23. The number of aromatic nitrogens is 1. The smallest absolute Gasteiger partial charge is 0.0907 e. The van der Waals surface area contributed by atoms with Crippen LogP contribution in [0, 0.1) is 6.92 Å². The Labute approximate surface area is 222 Å². The van der Waals surface area contributed by atoms with E-state index < -0.39 is 0 Å². The summed E-state index contributed by atoms with van der Waals surface area (Å²) in [5.74, 6) is 0. The Hall–Kier alpha value is -1.75. The Bertz CT molecular complexity index is 823. The third-order valence-electron chi connectivity index (χ3n) is 3.93. The van der Waals surface area contributed by atoms with Crippen molar-refractivity contribution in [1.82, 2.24) is 4.98 Å². The van der Waals surface area contributed by atoms with E-state index in [9.17, 15) is 0 Å². The first-order valence-electron chi connectivity index (χ1n) is 13.1. The summed E-state index contributed by atoms with van der Waals surface area (Å²) in [6, 6.07) is 10.2. The van der Waals surface area contributed by atoms with E-state index in [1.165, 1.54) is 24.8 Å². The molecule has 2 aromatic rings. The van der Waals surface area contributed by atoms with Gasteiger partial charge in [0.1, 0.15) is 0 Å². The monoisotopic (exact) mass is 505 g/mol. The molecule has 0 saturated carbocycles. The summed E-state index contributed by atoms with van der Waals surface area (Å²) in [7, 11) is 1.71. The molecule has 0 aliphatic carbocycles. The van der Waals surface area contributed by atoms with Gasteiger partial charge in [-0.25, -0.2) is 4.98 Å². The average Bonchev–Trinajstić information content (AvgIpc) is 3.17. The average molecular weight is 506 g/mol. The fourth-order valence-corrected chi connectivity index (χ4v) is 3.64. The summed E-state index contributed by atoms with van der Waals surface area (Å²) in [5.41, 5.74) is 2.36. The van der Waals surface area contributed by atoms with Gasteiger partial charge in [-0.05, 0) is 32.8 Å². The summed E-state index contributed by atoms with van der Waals surface area (Å²) in [6.07, 6.45) is 6.57. The van der Waals surface area contributed by atoms with E-state index in [1.54, 1.807) is 24.5 Å². The predicted molar refractivity (Wildman–Crippen MR) is 161 cm³/mol. The van der Waals surface area contributed by atoms with Gasteiger partial charge in [0.05, 0.1) is 33.7 Å². The van der Waals surface area contributed by atoms with Crippen molar-refractivity contribution in [1.29, 1.82) is 0 Å². The molecule has 0 amide bonds. The van der Waals surface area contributed by atoms with Crippen molar-refractivity contribution in [3.8, 4) is 0 Å². The van der Waals surface area contributed by atoms with Gasteiger partial charge in [0.15, 0.2) is 0 Å². The summed E-state index contributed by atoms with van der Waals surface area (Å²) in [6.45, 7) is 29.7. The van der Waals surface area contributed by atoms with Crippen LogP contribution < -0.4 is 9.88 Å². The Balaban J connectivity index is -0.000000485. The molecule has 0 aliphatic rings. The van der Waals surface area contributed by atoms with Crippen molar-refractivity contribution in [2.75, 3.05) is 20.3 Å². The highest BCUT2D eigenvalue weighted by Crippen LogP contribution is 2.15. The van der Waals surface area contributed by atoms with E-state index in [2.05, 4.69) is 78.7 Å². The first kappa shape index (κ1) is 37.8. The van der Waals surface area contributed by atoms with Gasteiger partial charge in [-0.15, -0.1) is 17.9 Å². The van der Waals surface area contributed by atoms with Crippen LogP contribution in [0.5, 0.6) is 0 Å². The first-order valence-corrected chi connectivity index (χ1v) is 13.9. The molecular formula is C31H55NO2S. The van der Waals surface area contributed by atoms with Gasteiger partial charge in [0.2, 0.25) is 0 Å². The van der Waals surface area contributed by atoms with Gasteiger partial charge in [0.25, 0.3) is 0 Å². The van der Waals surface area contributed by atoms with Crippen molar-refractivity contribution >= 4 is 23.5 Å². The van der Waals surface area contributed by atoms with Crippen molar-refractivity contribution in [3.63, 3.8) is 0 Å². The Kier molecular flexibility index (Phi) is 27.4. The SMILES string of the molecule is C=CCOC(C)(C)CCC.C=c1nc(C)s/c1=C(/COC)c1ccccc1.CC.CCC.CCC. The number of hydrogen-bond donors (Lipinski definition) is 0. The van der Waals surface area contributed by atoms with Gasteiger partial charge >= 0.3 is 0 Å². The van der Waals surface area contributed by atoms with Crippen LogP contribution in [0.25, 0.3) is 12.2 Å². The Morgan fingerprint density at radius 1 is 1.03 bits per heavy atom. The largest absolute Gasteiger partial charge is 0.380 e. The van der Waals surface area contributed by atoms with E-state index in [4.69, 9.17) is 9.47 Å². The van der Waals surface area contributed by atoms with Gasteiger partial charge < -0.3 is 9.47 Å². The predicted octanol–water partition coefficient (Wildman–Crippen LogP) is 8.33. The first-order chi connectivity index (χ1) is 16.7. The number of rotatable bonds is 8. The Morgan fingerprint density at radius 2 is 1.54 bits per heavy atom. The number of hydrogen-bond acceptors (Lipinski definition) is 4. The zero-order chi connectivity index (χ0) is 27.7. The van der Waals surface area contributed by atoms with E-state index in [0.29, 0.717) is 13.2 Å². The molecule has 1 aromatic heterocycles. The van der Waals surface area contributed by atoms with E-state index in [0.717, 1.165) is 26.9 Å². The van der Waals surface area contributed by atoms with Crippen molar-refractivity contribution in [2.45, 2.75) is 101 Å². The topological polar surface area (TPSA) is 31.4 Å². The minimum atomic E-state index is 0.0307. The zero-order valence-electron chi connectivity index (χ0n) is 24.8. The molecule has 0 N–H and O–H groups in total. The molecule has 0 radical (unpaired) electrons. The van der Waals surface area contributed by atoms with Crippen molar-refractivity contribution < 1.29 is 9.47 Å². The second-order valence-corrected chi connectivity index (χ2v) is 9.51. The maximum Gasteiger partial charge on any atom is 0.0907 e. The third kappa shape index (κ3) is 20.2. The third-order valence-corrected chi connectivity index (χ3v) is 5.01. The second kappa shape index (κ2) is 25.3. The molecule has 0 aliphatic heterocycles. The lowest BCUT2D eigenvalue weighted by molar-refractivity contribution is -0.00758. The molecule has 0 saturated heterocycles. The molecule has 202 valence electrons. The summed E-state index contributed by atoms with van der Waals surface area (Å²) >= 11 is 1.67. The summed E-state index contributed by atoms with van der Waals surface area (Å²) in [4.78, 5) is 4.37. The number of benzene rings is 1. The molecule has 1 heterocycles. The summed E-state index contributed by atoms with van der Waals surface area (Å²) < 4.78 is 11.9. The van der Waals surface area contributed by atoms with Crippen LogP contribution in [0.1, 0.15) is 98.6 Å². The molecule has 1 aromatic carbocycles. The van der Waals surface area contributed by atoms with Crippen LogP contribution in [0.2, 0.25) is 0 Å². The van der Waals surface area contributed by atoms with E-state index in [1.807, 2.05) is 39.0 Å². The standard InChI is InChI=1S/C14H15NOS.C9H18O.2C3H8.C2H6/c1-10-14(17-11(2)15-10)13(9-16-3)12-7-5-4-6-8-12;1-5-7-9(3,4)10-8-6-2;2*1-3-2;1-2/h4-8H,1,9H2,2-3H3;6H,2,5,7-8H2,1,3-4H3;2*3H2,1-2H3;1-2H3/b14-13-;;;;. The van der Waals surface area contributed by atoms with Crippen LogP contribution in [0.15, 0.2) is 43.0 Å². The highest BCUT2D eigenvalue weighted by atomic mass is 32.1. The zero-order valence-corrected chi connectivity index (χ0v) is 25.6. The maximum absolute atomic E-state index is 5.50.